The Labute approximate surface area is 151 Å². The minimum atomic E-state index is -0.627. The van der Waals surface area contributed by atoms with Crippen LogP contribution in [0.15, 0.2) is 36.5 Å². The highest BCUT2D eigenvalue weighted by Gasteiger charge is 2.37. The van der Waals surface area contributed by atoms with Crippen molar-refractivity contribution in [2.75, 3.05) is 38.6 Å². The van der Waals surface area contributed by atoms with Gasteiger partial charge in [-0.25, -0.2) is 4.39 Å². The second-order valence-electron chi connectivity index (χ2n) is 6.54. The summed E-state index contributed by atoms with van der Waals surface area (Å²) in [5.41, 5.74) is 1.15. The van der Waals surface area contributed by atoms with Crippen LogP contribution in [0, 0.1) is 5.82 Å². The second kappa shape index (κ2) is 7.15. The molecule has 1 atom stereocenters. The normalized spacial score (nSPS) is 17.3. The monoisotopic (exact) mass is 359 g/mol. The highest BCUT2D eigenvalue weighted by Crippen LogP contribution is 2.21. The van der Waals surface area contributed by atoms with Crippen LogP contribution in [0.1, 0.15) is 10.5 Å². The molecule has 26 heavy (non-hydrogen) atoms. The summed E-state index contributed by atoms with van der Waals surface area (Å²) < 4.78 is 14.7. The summed E-state index contributed by atoms with van der Waals surface area (Å²) in [4.78, 5) is 30.6. The lowest BCUT2D eigenvalue weighted by Crippen LogP contribution is -2.60. The van der Waals surface area contributed by atoms with Crippen molar-refractivity contribution >= 4 is 17.5 Å². The minimum Gasteiger partial charge on any atom is -0.367 e. The number of hydrogen-bond donors (Lipinski definition) is 0. The Hall–Kier alpha value is -2.90. The third-order valence-corrected chi connectivity index (χ3v) is 4.49. The summed E-state index contributed by atoms with van der Waals surface area (Å²) >= 11 is 0. The van der Waals surface area contributed by atoms with E-state index in [1.165, 1.54) is 17.0 Å². The molecule has 1 unspecified atom stereocenters. The SMILES string of the molecule is CN(C)C(=O)C1CN(c2ccc(F)cc2)CCN1C(=O)c1ccn(C)n1. The number of amides is 2. The van der Waals surface area contributed by atoms with Crippen molar-refractivity contribution in [3.63, 3.8) is 0 Å². The van der Waals surface area contributed by atoms with Crippen molar-refractivity contribution < 1.29 is 14.0 Å². The third kappa shape index (κ3) is 3.54. The van der Waals surface area contributed by atoms with Crippen LogP contribution in [0.4, 0.5) is 10.1 Å². The number of piperazine rings is 1. The molecule has 0 spiro atoms. The van der Waals surface area contributed by atoms with Gasteiger partial charge in [0, 0.05) is 52.7 Å². The van der Waals surface area contributed by atoms with Crippen molar-refractivity contribution in [2.45, 2.75) is 6.04 Å². The molecule has 1 aromatic carbocycles. The maximum atomic E-state index is 13.2. The molecule has 1 aliphatic heterocycles. The van der Waals surface area contributed by atoms with Crippen LogP contribution in [-0.2, 0) is 11.8 Å². The maximum absolute atomic E-state index is 13.2. The lowest BCUT2D eigenvalue weighted by molar-refractivity contribution is -0.133. The molecular weight excluding hydrogens is 337 g/mol. The lowest BCUT2D eigenvalue weighted by Gasteiger charge is -2.42. The Balaban J connectivity index is 1.85. The molecule has 1 saturated heterocycles. The van der Waals surface area contributed by atoms with E-state index in [0.717, 1.165) is 5.69 Å². The first-order valence-electron chi connectivity index (χ1n) is 8.39. The van der Waals surface area contributed by atoms with E-state index in [-0.39, 0.29) is 17.6 Å². The highest BCUT2D eigenvalue weighted by atomic mass is 19.1. The van der Waals surface area contributed by atoms with Gasteiger partial charge in [-0.2, -0.15) is 5.10 Å². The fourth-order valence-electron chi connectivity index (χ4n) is 3.10. The van der Waals surface area contributed by atoms with Gasteiger partial charge in [0.1, 0.15) is 17.6 Å². The van der Waals surface area contributed by atoms with Crippen LogP contribution in [0.2, 0.25) is 0 Å². The summed E-state index contributed by atoms with van der Waals surface area (Å²) in [5, 5.41) is 4.16. The van der Waals surface area contributed by atoms with E-state index < -0.39 is 6.04 Å². The molecule has 0 bridgehead atoms. The fraction of sp³-hybridized carbons (Fsp3) is 0.389. The summed E-state index contributed by atoms with van der Waals surface area (Å²) in [6.45, 7) is 1.29. The van der Waals surface area contributed by atoms with Crippen LogP contribution >= 0.6 is 0 Å². The summed E-state index contributed by atoms with van der Waals surface area (Å²) in [5.74, 6) is -0.718. The Morgan fingerprint density at radius 2 is 1.85 bits per heavy atom. The number of hydrogen-bond acceptors (Lipinski definition) is 4. The number of nitrogens with zero attached hydrogens (tertiary/aromatic N) is 5. The maximum Gasteiger partial charge on any atom is 0.275 e. The number of carbonyl (C=O) groups is 2. The zero-order valence-electron chi connectivity index (χ0n) is 15.1. The van der Waals surface area contributed by atoms with Gasteiger partial charge in [0.15, 0.2) is 0 Å². The Kier molecular flexibility index (Phi) is 4.92. The number of carbonyl (C=O) groups excluding carboxylic acids is 2. The molecule has 7 nitrogen and oxygen atoms in total. The first-order chi connectivity index (χ1) is 12.4. The number of rotatable bonds is 3. The van der Waals surface area contributed by atoms with E-state index in [4.69, 9.17) is 0 Å². The quantitative estimate of drug-likeness (QED) is 0.820. The van der Waals surface area contributed by atoms with E-state index >= 15 is 0 Å². The minimum absolute atomic E-state index is 0.152. The molecule has 0 N–H and O–H groups in total. The zero-order valence-corrected chi connectivity index (χ0v) is 15.1. The van der Waals surface area contributed by atoms with E-state index in [1.54, 1.807) is 55.1 Å². The molecule has 1 aromatic heterocycles. The molecule has 138 valence electrons. The van der Waals surface area contributed by atoms with Gasteiger partial charge in [-0.05, 0) is 30.3 Å². The van der Waals surface area contributed by atoms with Crippen molar-refractivity contribution in [1.82, 2.24) is 19.6 Å². The molecule has 0 radical (unpaired) electrons. The molecule has 2 aromatic rings. The van der Waals surface area contributed by atoms with E-state index in [2.05, 4.69) is 5.10 Å². The topological polar surface area (TPSA) is 61.7 Å². The van der Waals surface area contributed by atoms with Crippen molar-refractivity contribution in [1.29, 1.82) is 0 Å². The van der Waals surface area contributed by atoms with Gasteiger partial charge < -0.3 is 14.7 Å². The number of aromatic nitrogens is 2. The van der Waals surface area contributed by atoms with Crippen molar-refractivity contribution in [2.24, 2.45) is 7.05 Å². The molecule has 1 aliphatic rings. The number of benzene rings is 1. The van der Waals surface area contributed by atoms with E-state index in [0.29, 0.717) is 25.3 Å². The first kappa shape index (κ1) is 17.9. The van der Waals surface area contributed by atoms with Crippen molar-refractivity contribution in [3.05, 3.63) is 48.0 Å². The van der Waals surface area contributed by atoms with Gasteiger partial charge >= 0.3 is 0 Å². The molecule has 2 amide bonds. The van der Waals surface area contributed by atoms with Gasteiger partial charge in [0.05, 0.1) is 0 Å². The smallest absolute Gasteiger partial charge is 0.275 e. The average molecular weight is 359 g/mol. The molecule has 8 heteroatoms. The molecule has 0 aliphatic carbocycles. The van der Waals surface area contributed by atoms with Gasteiger partial charge in [0.2, 0.25) is 5.91 Å². The van der Waals surface area contributed by atoms with Gasteiger partial charge in [-0.3, -0.25) is 14.3 Å². The summed E-state index contributed by atoms with van der Waals surface area (Å²) in [6, 6.07) is 7.17. The lowest BCUT2D eigenvalue weighted by atomic mass is 10.1. The zero-order chi connectivity index (χ0) is 18.8. The third-order valence-electron chi connectivity index (χ3n) is 4.49. The van der Waals surface area contributed by atoms with Gasteiger partial charge in [-0.1, -0.05) is 0 Å². The predicted molar refractivity (Wildman–Crippen MR) is 95.3 cm³/mol. The Morgan fingerprint density at radius 3 is 2.42 bits per heavy atom. The summed E-state index contributed by atoms with van der Waals surface area (Å²) in [7, 11) is 5.08. The van der Waals surface area contributed by atoms with Crippen LogP contribution in [0.25, 0.3) is 0 Å². The number of aryl methyl sites for hydroxylation is 1. The van der Waals surface area contributed by atoms with Gasteiger partial charge in [0.25, 0.3) is 5.91 Å². The van der Waals surface area contributed by atoms with Gasteiger partial charge in [-0.15, -0.1) is 0 Å². The standard InChI is InChI=1S/C18H22FN5O2/c1-21(2)18(26)16-12-23(14-6-4-13(19)5-7-14)10-11-24(16)17(25)15-8-9-22(3)20-15/h4-9,16H,10-12H2,1-3H3. The Bertz CT molecular complexity index is 802. The Morgan fingerprint density at radius 1 is 1.15 bits per heavy atom. The van der Waals surface area contributed by atoms with E-state index in [1.807, 2.05) is 4.90 Å². The molecule has 1 fully saturated rings. The highest BCUT2D eigenvalue weighted by molar-refractivity contribution is 5.96. The van der Waals surface area contributed by atoms with E-state index in [9.17, 15) is 14.0 Å². The number of likely N-dealkylation sites (N-methyl/N-ethyl adjacent to an activating group) is 1. The number of halogens is 1. The molecule has 3 rings (SSSR count). The fourth-order valence-corrected chi connectivity index (χ4v) is 3.10. The summed E-state index contributed by atoms with van der Waals surface area (Å²) in [6.07, 6.45) is 1.70. The van der Waals surface area contributed by atoms with Crippen molar-refractivity contribution in [3.8, 4) is 0 Å². The van der Waals surface area contributed by atoms with Crippen LogP contribution < -0.4 is 4.90 Å². The van der Waals surface area contributed by atoms with Crippen LogP contribution in [-0.4, -0.2) is 71.2 Å². The molecular formula is C18H22FN5O2. The first-order valence-corrected chi connectivity index (χ1v) is 8.39. The predicted octanol–water partition coefficient (Wildman–Crippen LogP) is 0.978. The number of anilines is 1. The van der Waals surface area contributed by atoms with Crippen LogP contribution in [0.5, 0.6) is 0 Å². The molecule has 0 saturated carbocycles. The average Bonchev–Trinajstić information content (AvgIpc) is 3.07. The second-order valence-corrected chi connectivity index (χ2v) is 6.54. The molecule has 2 heterocycles. The van der Waals surface area contributed by atoms with Crippen LogP contribution in [0.3, 0.4) is 0 Å². The largest absolute Gasteiger partial charge is 0.367 e.